The molecule has 5 rings (SSSR count). The van der Waals surface area contributed by atoms with Gasteiger partial charge in [0, 0.05) is 42.8 Å². The first-order valence-corrected chi connectivity index (χ1v) is 11.4. The van der Waals surface area contributed by atoms with Gasteiger partial charge in [0.1, 0.15) is 0 Å². The molecule has 2 amide bonds. The number of carbonyl (C=O) groups excluding carboxylic acids is 1. The number of urea groups is 1. The summed E-state index contributed by atoms with van der Waals surface area (Å²) in [6, 6.07) is 25.4. The summed E-state index contributed by atoms with van der Waals surface area (Å²) in [5.74, 6) is 0.607. The van der Waals surface area contributed by atoms with Crippen molar-refractivity contribution in [3.05, 3.63) is 95.1 Å². The summed E-state index contributed by atoms with van der Waals surface area (Å²) in [6.07, 6.45) is 2.12. The summed E-state index contributed by atoms with van der Waals surface area (Å²) in [5.41, 5.74) is 7.36. The van der Waals surface area contributed by atoms with Crippen molar-refractivity contribution in [3.8, 4) is 0 Å². The van der Waals surface area contributed by atoms with Gasteiger partial charge in [-0.2, -0.15) is 0 Å². The molecule has 2 heterocycles. The summed E-state index contributed by atoms with van der Waals surface area (Å²) in [4.78, 5) is 14.9. The molecule has 0 fully saturated rings. The predicted octanol–water partition coefficient (Wildman–Crippen LogP) is 4.68. The third-order valence-corrected chi connectivity index (χ3v) is 6.67. The van der Waals surface area contributed by atoms with Crippen molar-refractivity contribution < 1.29 is 9.90 Å². The number of carbonyl (C=O) groups is 1. The molecule has 5 heteroatoms. The Hall–Kier alpha value is -3.31. The van der Waals surface area contributed by atoms with Crippen LogP contribution in [0.15, 0.2) is 72.8 Å². The summed E-state index contributed by atoms with van der Waals surface area (Å²) >= 11 is 0. The highest BCUT2D eigenvalue weighted by molar-refractivity contribution is 5.90. The molecule has 5 nitrogen and oxygen atoms in total. The summed E-state index contributed by atoms with van der Waals surface area (Å²) < 4.78 is 0. The van der Waals surface area contributed by atoms with Crippen LogP contribution in [0.25, 0.3) is 0 Å². The fraction of sp³-hybridized carbons (Fsp3) is 0.296. The highest BCUT2D eigenvalue weighted by Crippen LogP contribution is 2.49. The quantitative estimate of drug-likeness (QED) is 0.554. The molecule has 32 heavy (non-hydrogen) atoms. The zero-order valence-electron chi connectivity index (χ0n) is 18.1. The van der Waals surface area contributed by atoms with E-state index in [1.54, 1.807) is 0 Å². The molecule has 3 aromatic carbocycles. The summed E-state index contributed by atoms with van der Waals surface area (Å²) in [6.45, 7) is 2.25. The number of hydrogen-bond acceptors (Lipinski definition) is 3. The van der Waals surface area contributed by atoms with Gasteiger partial charge in [0.25, 0.3) is 0 Å². The number of rotatable bonds is 5. The Morgan fingerprint density at radius 2 is 1.41 bits per heavy atom. The van der Waals surface area contributed by atoms with Gasteiger partial charge in [-0.05, 0) is 47.2 Å². The van der Waals surface area contributed by atoms with Gasteiger partial charge in [-0.3, -0.25) is 0 Å². The maximum absolute atomic E-state index is 12.4. The van der Waals surface area contributed by atoms with Gasteiger partial charge in [0.2, 0.25) is 0 Å². The van der Waals surface area contributed by atoms with Crippen LogP contribution in [0.4, 0.5) is 16.2 Å². The molecule has 164 valence electrons. The third kappa shape index (κ3) is 3.96. The van der Waals surface area contributed by atoms with Crippen molar-refractivity contribution >= 4 is 17.4 Å². The fourth-order valence-electron chi connectivity index (χ4n) is 5.27. The van der Waals surface area contributed by atoms with E-state index in [9.17, 15) is 4.79 Å². The molecule has 0 spiro atoms. The molecule has 0 aliphatic carbocycles. The van der Waals surface area contributed by atoms with E-state index in [1.807, 2.05) is 0 Å². The number of benzene rings is 3. The molecule has 0 radical (unpaired) electrons. The van der Waals surface area contributed by atoms with Crippen LogP contribution in [0.5, 0.6) is 0 Å². The normalized spacial score (nSPS) is 19.2. The van der Waals surface area contributed by atoms with E-state index in [2.05, 4.69) is 88.3 Å². The van der Waals surface area contributed by atoms with Crippen LogP contribution in [0.3, 0.4) is 0 Å². The molecule has 0 bridgehead atoms. The van der Waals surface area contributed by atoms with Crippen molar-refractivity contribution in [1.82, 2.24) is 5.32 Å². The van der Waals surface area contributed by atoms with E-state index >= 15 is 0 Å². The van der Waals surface area contributed by atoms with Crippen LogP contribution in [0.1, 0.15) is 46.9 Å². The van der Waals surface area contributed by atoms with Crippen LogP contribution < -0.4 is 15.5 Å². The minimum atomic E-state index is -0.290. The molecular weight excluding hydrogens is 398 g/mol. The van der Waals surface area contributed by atoms with E-state index in [4.69, 9.17) is 5.11 Å². The fourth-order valence-corrected chi connectivity index (χ4v) is 5.27. The molecule has 3 aromatic rings. The molecule has 2 aliphatic heterocycles. The Labute approximate surface area is 189 Å². The topological polar surface area (TPSA) is 64.6 Å². The van der Waals surface area contributed by atoms with Crippen LogP contribution in [-0.4, -0.2) is 37.4 Å². The van der Waals surface area contributed by atoms with E-state index in [0.717, 1.165) is 31.6 Å². The molecule has 2 atom stereocenters. The average Bonchev–Trinajstić information content (AvgIpc) is 2.84. The van der Waals surface area contributed by atoms with Crippen LogP contribution >= 0.6 is 0 Å². The lowest BCUT2D eigenvalue weighted by molar-refractivity contribution is 0.245. The maximum Gasteiger partial charge on any atom is 0.319 e. The lowest BCUT2D eigenvalue weighted by Gasteiger charge is -2.43. The first kappa shape index (κ1) is 20.6. The van der Waals surface area contributed by atoms with Crippen molar-refractivity contribution in [2.45, 2.75) is 24.7 Å². The molecule has 0 saturated carbocycles. The number of nitrogens with zero attached hydrogens (tertiary/aromatic N) is 1. The van der Waals surface area contributed by atoms with Crippen LogP contribution in [0, 0.1) is 0 Å². The number of hydrogen-bond donors (Lipinski definition) is 3. The maximum atomic E-state index is 12.4. The Morgan fingerprint density at radius 3 is 1.91 bits per heavy atom. The zero-order chi connectivity index (χ0) is 21.9. The summed E-state index contributed by atoms with van der Waals surface area (Å²) in [7, 11) is 0. The van der Waals surface area contributed by atoms with Crippen molar-refractivity contribution in [2.75, 3.05) is 36.5 Å². The van der Waals surface area contributed by atoms with E-state index in [0.29, 0.717) is 11.8 Å². The first-order valence-electron chi connectivity index (χ1n) is 11.4. The highest BCUT2D eigenvalue weighted by atomic mass is 16.3. The van der Waals surface area contributed by atoms with Crippen molar-refractivity contribution in [1.29, 1.82) is 0 Å². The smallest absolute Gasteiger partial charge is 0.319 e. The number of anilines is 2. The minimum absolute atomic E-state index is 0.0794. The number of nitrogens with one attached hydrogen (secondary N) is 2. The van der Waals surface area contributed by atoms with Gasteiger partial charge >= 0.3 is 6.03 Å². The second kappa shape index (κ2) is 9.05. The van der Waals surface area contributed by atoms with Gasteiger partial charge in [-0.1, -0.05) is 60.7 Å². The van der Waals surface area contributed by atoms with Gasteiger partial charge in [0.15, 0.2) is 0 Å². The monoisotopic (exact) mass is 427 g/mol. The minimum Gasteiger partial charge on any atom is -0.395 e. The van der Waals surface area contributed by atoms with E-state index in [-0.39, 0.29) is 19.2 Å². The Bertz CT molecular complexity index is 1010. The number of aliphatic hydroxyl groups excluding tert-OH is 1. The van der Waals surface area contributed by atoms with Crippen LogP contribution in [-0.2, 0) is 0 Å². The van der Waals surface area contributed by atoms with Gasteiger partial charge in [-0.25, -0.2) is 4.79 Å². The second-order valence-corrected chi connectivity index (χ2v) is 8.60. The second-order valence-electron chi connectivity index (χ2n) is 8.60. The summed E-state index contributed by atoms with van der Waals surface area (Å²) in [5, 5.41) is 14.7. The van der Waals surface area contributed by atoms with E-state index in [1.165, 1.54) is 27.9 Å². The molecular formula is C27H29N3O2. The lowest BCUT2D eigenvalue weighted by atomic mass is 9.76. The Kier molecular flexibility index (Phi) is 5.82. The SMILES string of the molecule is O=C(NCCO)Nc1cc2c3c(c1)C(c1ccccc1)CCN3CCC2c1ccccc1. The molecule has 2 unspecified atom stereocenters. The standard InChI is InChI=1S/C27H29N3O2/c31-16-13-28-27(32)29-21-17-24-22(19-7-3-1-4-8-19)11-14-30-15-12-23(25(18-21)26(24)30)20-9-5-2-6-10-20/h1-10,17-18,22-23,31H,11-16H2,(H2,28,29,32). The Balaban J connectivity index is 1.62. The predicted molar refractivity (Wildman–Crippen MR) is 129 cm³/mol. The van der Waals surface area contributed by atoms with Crippen molar-refractivity contribution in [2.24, 2.45) is 0 Å². The zero-order valence-corrected chi connectivity index (χ0v) is 18.1. The third-order valence-electron chi connectivity index (χ3n) is 6.67. The van der Waals surface area contributed by atoms with Gasteiger partial charge in [-0.15, -0.1) is 0 Å². The number of aliphatic hydroxyl groups is 1. The molecule has 3 N–H and O–H groups in total. The Morgan fingerprint density at radius 1 is 0.875 bits per heavy atom. The molecule has 0 aromatic heterocycles. The van der Waals surface area contributed by atoms with Gasteiger partial charge < -0.3 is 20.6 Å². The highest BCUT2D eigenvalue weighted by Gasteiger charge is 2.35. The lowest BCUT2D eigenvalue weighted by Crippen LogP contribution is -2.38. The largest absolute Gasteiger partial charge is 0.395 e. The van der Waals surface area contributed by atoms with E-state index < -0.39 is 0 Å². The van der Waals surface area contributed by atoms with Gasteiger partial charge in [0.05, 0.1) is 6.61 Å². The first-order chi connectivity index (χ1) is 15.7. The molecule has 2 aliphatic rings. The number of amides is 2. The van der Waals surface area contributed by atoms with Crippen molar-refractivity contribution in [3.63, 3.8) is 0 Å². The average molecular weight is 428 g/mol. The van der Waals surface area contributed by atoms with Crippen LogP contribution in [0.2, 0.25) is 0 Å². The molecule has 0 saturated heterocycles.